The highest BCUT2D eigenvalue weighted by molar-refractivity contribution is 9.10. The van der Waals surface area contributed by atoms with Crippen molar-refractivity contribution in [2.45, 2.75) is 6.42 Å². The number of rotatable bonds is 2. The molecule has 1 N–H and O–H groups in total. The van der Waals surface area contributed by atoms with Crippen LogP contribution in [0.2, 0.25) is 0 Å². The monoisotopic (exact) mass is 386 g/mol. The standard InChI is InChI=1S/C18H15BrN2O3/c19-9-3-1-2-8(6-9)16(22)20-21-17(23)14-10-4-5-11(13-7-12(10)13)15(14)18(21)24/h1-6,10-15H,7H2,(H,20,22)/t10-,11-,12-,13+,14-,15-/m1/s1. The van der Waals surface area contributed by atoms with Gasteiger partial charge in [-0.25, -0.2) is 0 Å². The maximum absolute atomic E-state index is 12.8. The van der Waals surface area contributed by atoms with E-state index in [2.05, 4.69) is 33.5 Å². The number of imide groups is 1. The second kappa shape index (κ2) is 4.79. The molecule has 2 bridgehead atoms. The van der Waals surface area contributed by atoms with Crippen LogP contribution in [0.1, 0.15) is 16.8 Å². The fourth-order valence-corrected chi connectivity index (χ4v) is 5.26. The molecule has 0 aromatic heterocycles. The second-order valence-electron chi connectivity index (χ2n) is 7.12. The van der Waals surface area contributed by atoms with Gasteiger partial charge in [0.15, 0.2) is 0 Å². The summed E-state index contributed by atoms with van der Waals surface area (Å²) >= 11 is 3.32. The first-order chi connectivity index (χ1) is 11.6. The first-order valence-electron chi connectivity index (χ1n) is 8.19. The summed E-state index contributed by atoms with van der Waals surface area (Å²) in [6.07, 6.45) is 5.36. The Kier molecular flexibility index (Phi) is 2.87. The van der Waals surface area contributed by atoms with Crippen molar-refractivity contribution in [1.82, 2.24) is 10.4 Å². The van der Waals surface area contributed by atoms with Crippen LogP contribution in [0.4, 0.5) is 0 Å². The highest BCUT2D eigenvalue weighted by Crippen LogP contribution is 2.65. The lowest BCUT2D eigenvalue weighted by atomic mass is 9.63. The molecule has 24 heavy (non-hydrogen) atoms. The average molecular weight is 387 g/mol. The highest BCUT2D eigenvalue weighted by atomic mass is 79.9. The lowest BCUT2D eigenvalue weighted by molar-refractivity contribution is -0.143. The van der Waals surface area contributed by atoms with Gasteiger partial charge in [0.05, 0.1) is 11.8 Å². The van der Waals surface area contributed by atoms with Gasteiger partial charge in [-0.1, -0.05) is 34.1 Å². The van der Waals surface area contributed by atoms with Gasteiger partial charge in [0.2, 0.25) is 0 Å². The lowest BCUT2D eigenvalue weighted by Crippen LogP contribution is -2.46. The van der Waals surface area contributed by atoms with E-state index in [1.165, 1.54) is 0 Å². The normalized spacial score (nSPS) is 38.1. The average Bonchev–Trinajstić information content (AvgIpc) is 3.36. The first-order valence-corrected chi connectivity index (χ1v) is 8.98. The number of nitrogens with one attached hydrogen (secondary N) is 1. The quantitative estimate of drug-likeness (QED) is 0.625. The van der Waals surface area contributed by atoms with Crippen LogP contribution in [-0.4, -0.2) is 22.7 Å². The van der Waals surface area contributed by atoms with Crippen molar-refractivity contribution in [2.24, 2.45) is 35.5 Å². The van der Waals surface area contributed by atoms with Crippen LogP contribution in [0.15, 0.2) is 40.9 Å². The molecule has 4 aliphatic carbocycles. The summed E-state index contributed by atoms with van der Waals surface area (Å²) in [5.41, 5.74) is 2.93. The third-order valence-corrected chi connectivity index (χ3v) is 6.46. The van der Waals surface area contributed by atoms with Crippen LogP contribution >= 0.6 is 15.9 Å². The van der Waals surface area contributed by atoms with E-state index in [0.717, 1.165) is 15.9 Å². The number of hydrazine groups is 1. The Morgan fingerprint density at radius 3 is 2.29 bits per heavy atom. The zero-order valence-electron chi connectivity index (χ0n) is 12.7. The molecule has 3 amide bonds. The van der Waals surface area contributed by atoms with Crippen LogP contribution in [0.3, 0.4) is 0 Å². The number of halogens is 1. The topological polar surface area (TPSA) is 66.5 Å². The lowest BCUT2D eigenvalue weighted by Gasteiger charge is -2.37. The summed E-state index contributed by atoms with van der Waals surface area (Å²) in [5, 5.41) is 0.969. The third kappa shape index (κ3) is 1.83. The highest BCUT2D eigenvalue weighted by Gasteiger charge is 2.67. The molecule has 0 unspecified atom stereocenters. The Morgan fingerprint density at radius 1 is 1.08 bits per heavy atom. The van der Waals surface area contributed by atoms with Crippen LogP contribution in [0, 0.1) is 35.5 Å². The van der Waals surface area contributed by atoms with Crippen molar-refractivity contribution in [3.63, 3.8) is 0 Å². The maximum Gasteiger partial charge on any atom is 0.270 e. The summed E-state index contributed by atoms with van der Waals surface area (Å²) in [6.45, 7) is 0. The molecule has 122 valence electrons. The fourth-order valence-electron chi connectivity index (χ4n) is 4.86. The van der Waals surface area contributed by atoms with Gasteiger partial charge >= 0.3 is 0 Å². The van der Waals surface area contributed by atoms with Gasteiger partial charge in [0, 0.05) is 10.0 Å². The molecule has 6 rings (SSSR count). The summed E-state index contributed by atoms with van der Waals surface area (Å²) in [6, 6.07) is 6.86. The van der Waals surface area contributed by atoms with Crippen molar-refractivity contribution < 1.29 is 14.4 Å². The van der Waals surface area contributed by atoms with Crippen LogP contribution in [0.5, 0.6) is 0 Å². The van der Waals surface area contributed by atoms with Crippen LogP contribution < -0.4 is 5.43 Å². The van der Waals surface area contributed by atoms with E-state index < -0.39 is 5.91 Å². The number of nitrogens with zero attached hydrogens (tertiary/aromatic N) is 1. The second-order valence-corrected chi connectivity index (χ2v) is 8.03. The van der Waals surface area contributed by atoms with Gasteiger partial charge in [0.1, 0.15) is 0 Å². The zero-order valence-corrected chi connectivity index (χ0v) is 14.3. The number of allylic oxidation sites excluding steroid dienone is 2. The van der Waals surface area contributed by atoms with E-state index in [1.807, 2.05) is 6.07 Å². The number of hydrogen-bond acceptors (Lipinski definition) is 3. The van der Waals surface area contributed by atoms with E-state index in [1.54, 1.807) is 18.2 Å². The van der Waals surface area contributed by atoms with Crippen molar-refractivity contribution in [3.05, 3.63) is 46.5 Å². The number of hydrogen-bond donors (Lipinski definition) is 1. The predicted molar refractivity (Wildman–Crippen MR) is 88.2 cm³/mol. The molecule has 2 saturated carbocycles. The van der Waals surface area contributed by atoms with Gasteiger partial charge in [-0.2, -0.15) is 5.01 Å². The van der Waals surface area contributed by atoms with Gasteiger partial charge in [-0.05, 0) is 48.3 Å². The maximum atomic E-state index is 12.8. The molecule has 1 saturated heterocycles. The van der Waals surface area contributed by atoms with Gasteiger partial charge in [0.25, 0.3) is 17.7 Å². The Balaban J connectivity index is 1.41. The fraction of sp³-hybridized carbons (Fsp3) is 0.389. The molecule has 6 atom stereocenters. The van der Waals surface area contributed by atoms with E-state index in [9.17, 15) is 14.4 Å². The first kappa shape index (κ1) is 14.4. The predicted octanol–water partition coefficient (Wildman–Crippen LogP) is 2.15. The Hall–Kier alpha value is -1.95. The van der Waals surface area contributed by atoms with Gasteiger partial charge in [-0.3, -0.25) is 19.8 Å². The van der Waals surface area contributed by atoms with Crippen molar-refractivity contribution in [1.29, 1.82) is 0 Å². The number of amides is 3. The molecule has 1 aromatic rings. The molecule has 6 heteroatoms. The van der Waals surface area contributed by atoms with E-state index in [0.29, 0.717) is 17.4 Å². The molecule has 1 aromatic carbocycles. The Bertz CT molecular complexity index is 784. The molecule has 5 aliphatic rings. The molecule has 1 aliphatic heterocycles. The molecular formula is C18H15BrN2O3. The van der Waals surface area contributed by atoms with E-state index >= 15 is 0 Å². The zero-order chi connectivity index (χ0) is 16.6. The van der Waals surface area contributed by atoms with E-state index in [4.69, 9.17) is 0 Å². The molecule has 0 spiro atoms. The van der Waals surface area contributed by atoms with Crippen molar-refractivity contribution in [2.75, 3.05) is 0 Å². The van der Waals surface area contributed by atoms with Crippen LogP contribution in [0.25, 0.3) is 0 Å². The van der Waals surface area contributed by atoms with Crippen LogP contribution in [-0.2, 0) is 9.59 Å². The van der Waals surface area contributed by atoms with Gasteiger partial charge < -0.3 is 0 Å². The largest absolute Gasteiger partial charge is 0.272 e. The minimum atomic E-state index is -0.442. The third-order valence-electron chi connectivity index (χ3n) is 5.96. The van der Waals surface area contributed by atoms with E-state index in [-0.39, 0.29) is 35.5 Å². The minimum absolute atomic E-state index is 0.161. The molecule has 5 nitrogen and oxygen atoms in total. The van der Waals surface area contributed by atoms with Crippen molar-refractivity contribution in [3.8, 4) is 0 Å². The summed E-state index contributed by atoms with van der Waals surface area (Å²) in [7, 11) is 0. The molecule has 0 radical (unpaired) electrons. The van der Waals surface area contributed by atoms with Gasteiger partial charge in [-0.15, -0.1) is 0 Å². The Morgan fingerprint density at radius 2 is 1.71 bits per heavy atom. The summed E-state index contributed by atoms with van der Waals surface area (Å²) < 4.78 is 0.769. The Labute approximate surface area is 147 Å². The molecule has 3 fully saturated rings. The summed E-state index contributed by atoms with van der Waals surface area (Å²) in [4.78, 5) is 38.0. The summed E-state index contributed by atoms with van der Waals surface area (Å²) in [5.74, 6) is -0.0998. The molecule has 1 heterocycles. The number of benzene rings is 1. The number of carbonyl (C=O) groups is 3. The van der Waals surface area contributed by atoms with Crippen molar-refractivity contribution >= 4 is 33.7 Å². The smallest absolute Gasteiger partial charge is 0.270 e. The number of carbonyl (C=O) groups excluding carboxylic acids is 3. The molecular weight excluding hydrogens is 372 g/mol. The minimum Gasteiger partial charge on any atom is -0.272 e. The SMILES string of the molecule is O=C(NN1C(=O)[C@@H]2[C@@H]3C=C[C@H]([C@@H]4C[C@H]34)[C@H]2C1=O)c1cccc(Br)c1.